The van der Waals surface area contributed by atoms with Crippen LogP contribution in [0, 0.1) is 4.77 Å². The Balaban J connectivity index is 2.63. The van der Waals surface area contributed by atoms with Crippen molar-refractivity contribution >= 4 is 12.2 Å². The molecule has 20 heavy (non-hydrogen) atoms. The fraction of sp³-hybridized carbons (Fsp3) is 0.400. The van der Waals surface area contributed by atoms with Gasteiger partial charge in [0, 0.05) is 23.4 Å². The van der Waals surface area contributed by atoms with Crippen molar-refractivity contribution in [2.75, 3.05) is 14.2 Å². The molecule has 1 N–H and O–H groups in total. The Labute approximate surface area is 124 Å². The van der Waals surface area contributed by atoms with Crippen molar-refractivity contribution in [2.45, 2.75) is 26.2 Å². The molecule has 1 heterocycles. The molecule has 0 aliphatic heterocycles. The number of imidazole rings is 1. The first-order valence-electron chi connectivity index (χ1n) is 6.42. The van der Waals surface area contributed by atoms with Crippen molar-refractivity contribution in [3.63, 3.8) is 0 Å². The maximum atomic E-state index is 5.40. The number of rotatable bonds is 3. The van der Waals surface area contributed by atoms with Gasteiger partial charge in [-0.3, -0.25) is 4.57 Å². The lowest BCUT2D eigenvalue weighted by atomic mass is 9.92. The number of hydrogen-bond acceptors (Lipinski definition) is 3. The van der Waals surface area contributed by atoms with Crippen LogP contribution in [0.3, 0.4) is 0 Å². The number of aromatic nitrogens is 2. The van der Waals surface area contributed by atoms with Gasteiger partial charge in [0.15, 0.2) is 16.3 Å². The molecule has 1 aromatic carbocycles. The lowest BCUT2D eigenvalue weighted by molar-refractivity contribution is 0.355. The number of nitrogens with zero attached hydrogens (tertiary/aromatic N) is 1. The molecule has 0 fully saturated rings. The van der Waals surface area contributed by atoms with Crippen LogP contribution in [0.1, 0.15) is 26.5 Å². The average molecular weight is 292 g/mol. The van der Waals surface area contributed by atoms with E-state index in [0.29, 0.717) is 16.3 Å². The van der Waals surface area contributed by atoms with E-state index in [9.17, 15) is 0 Å². The number of methoxy groups -OCH3 is 2. The van der Waals surface area contributed by atoms with Gasteiger partial charge in [-0.05, 0) is 24.4 Å². The highest BCUT2D eigenvalue weighted by Crippen LogP contribution is 2.32. The highest BCUT2D eigenvalue weighted by atomic mass is 32.1. The molecule has 0 atom stereocenters. The second-order valence-corrected chi connectivity index (χ2v) is 5.99. The smallest absolute Gasteiger partial charge is 0.182 e. The molecular weight excluding hydrogens is 272 g/mol. The van der Waals surface area contributed by atoms with Gasteiger partial charge in [-0.25, -0.2) is 0 Å². The third-order valence-corrected chi connectivity index (χ3v) is 3.47. The molecule has 0 aliphatic rings. The molecule has 0 saturated heterocycles. The van der Waals surface area contributed by atoms with Crippen molar-refractivity contribution in [1.29, 1.82) is 0 Å². The maximum Gasteiger partial charge on any atom is 0.182 e. The van der Waals surface area contributed by atoms with E-state index < -0.39 is 0 Å². The monoisotopic (exact) mass is 292 g/mol. The van der Waals surface area contributed by atoms with Gasteiger partial charge in [-0.15, -0.1) is 0 Å². The number of ether oxygens (including phenoxy) is 2. The number of aromatic amines is 1. The van der Waals surface area contributed by atoms with E-state index in [4.69, 9.17) is 21.7 Å². The average Bonchev–Trinajstić information content (AvgIpc) is 2.79. The number of benzene rings is 1. The van der Waals surface area contributed by atoms with Crippen LogP contribution >= 0.6 is 12.2 Å². The first kappa shape index (κ1) is 14.7. The standard InChI is InChI=1S/C15H20N2O2S/c1-15(2,3)13-9-16-14(20)17(13)10-6-7-11(18-4)12(8-10)19-5/h6-9H,1-5H3,(H,16,20). The number of nitrogens with one attached hydrogen (secondary N) is 1. The zero-order chi connectivity index (χ0) is 14.9. The Morgan fingerprint density at radius 2 is 1.75 bits per heavy atom. The van der Waals surface area contributed by atoms with Gasteiger partial charge in [-0.2, -0.15) is 0 Å². The van der Waals surface area contributed by atoms with Gasteiger partial charge in [0.05, 0.1) is 19.9 Å². The second kappa shape index (κ2) is 5.32. The third-order valence-electron chi connectivity index (χ3n) is 3.17. The fourth-order valence-electron chi connectivity index (χ4n) is 2.14. The molecule has 4 nitrogen and oxygen atoms in total. The number of H-pyrrole nitrogens is 1. The molecule has 0 bridgehead atoms. The summed E-state index contributed by atoms with van der Waals surface area (Å²) in [4.78, 5) is 3.11. The van der Waals surface area contributed by atoms with Crippen LogP contribution in [0.15, 0.2) is 24.4 Å². The fourth-order valence-corrected chi connectivity index (χ4v) is 2.40. The van der Waals surface area contributed by atoms with Gasteiger partial charge in [0.1, 0.15) is 0 Å². The van der Waals surface area contributed by atoms with Gasteiger partial charge in [0.2, 0.25) is 0 Å². The minimum atomic E-state index is -0.0132. The van der Waals surface area contributed by atoms with Crippen molar-refractivity contribution in [1.82, 2.24) is 9.55 Å². The van der Waals surface area contributed by atoms with E-state index in [1.807, 2.05) is 29.0 Å². The van der Waals surface area contributed by atoms with E-state index in [1.54, 1.807) is 14.2 Å². The minimum absolute atomic E-state index is 0.0132. The second-order valence-electron chi connectivity index (χ2n) is 5.60. The summed E-state index contributed by atoms with van der Waals surface area (Å²) in [5, 5.41) is 0. The summed E-state index contributed by atoms with van der Waals surface area (Å²) >= 11 is 5.40. The quantitative estimate of drug-likeness (QED) is 0.873. The van der Waals surface area contributed by atoms with Crippen LogP contribution in [0.25, 0.3) is 5.69 Å². The first-order valence-corrected chi connectivity index (χ1v) is 6.82. The Morgan fingerprint density at radius 1 is 1.10 bits per heavy atom. The predicted octanol–water partition coefficient (Wildman–Crippen LogP) is 3.85. The molecule has 108 valence electrons. The van der Waals surface area contributed by atoms with E-state index >= 15 is 0 Å². The molecule has 2 aromatic rings. The lowest BCUT2D eigenvalue weighted by Gasteiger charge is -2.21. The summed E-state index contributed by atoms with van der Waals surface area (Å²) < 4.78 is 13.3. The van der Waals surface area contributed by atoms with Crippen LogP contribution in [0.2, 0.25) is 0 Å². The molecule has 0 saturated carbocycles. The molecule has 5 heteroatoms. The van der Waals surface area contributed by atoms with Crippen LogP contribution in [-0.4, -0.2) is 23.8 Å². The van der Waals surface area contributed by atoms with Crippen molar-refractivity contribution in [2.24, 2.45) is 0 Å². The summed E-state index contributed by atoms with van der Waals surface area (Å²) in [5.41, 5.74) is 2.06. The van der Waals surface area contributed by atoms with Crippen molar-refractivity contribution in [3.8, 4) is 17.2 Å². The highest BCUT2D eigenvalue weighted by molar-refractivity contribution is 7.71. The Morgan fingerprint density at radius 3 is 2.30 bits per heavy atom. The SMILES string of the molecule is COc1ccc(-n2c(C(C)(C)C)c[nH]c2=S)cc1OC. The first-order chi connectivity index (χ1) is 9.38. The summed E-state index contributed by atoms with van der Waals surface area (Å²) in [6, 6.07) is 5.79. The lowest BCUT2D eigenvalue weighted by Crippen LogP contribution is -2.16. The van der Waals surface area contributed by atoms with Crippen LogP contribution < -0.4 is 9.47 Å². The Bertz CT molecular complexity index is 665. The zero-order valence-electron chi connectivity index (χ0n) is 12.5. The van der Waals surface area contributed by atoms with E-state index in [0.717, 1.165) is 11.4 Å². The van der Waals surface area contributed by atoms with E-state index in [2.05, 4.69) is 25.8 Å². The van der Waals surface area contributed by atoms with Gasteiger partial charge in [-0.1, -0.05) is 20.8 Å². The normalized spacial score (nSPS) is 11.4. The van der Waals surface area contributed by atoms with Crippen LogP contribution in [-0.2, 0) is 5.41 Å². The molecule has 0 radical (unpaired) electrons. The molecule has 1 aromatic heterocycles. The minimum Gasteiger partial charge on any atom is -0.493 e. The molecule has 0 unspecified atom stereocenters. The summed E-state index contributed by atoms with van der Waals surface area (Å²) in [6.45, 7) is 6.46. The highest BCUT2D eigenvalue weighted by Gasteiger charge is 2.20. The summed E-state index contributed by atoms with van der Waals surface area (Å²) in [5.74, 6) is 1.39. The van der Waals surface area contributed by atoms with E-state index in [1.165, 1.54) is 0 Å². The van der Waals surface area contributed by atoms with Crippen molar-refractivity contribution < 1.29 is 9.47 Å². The van der Waals surface area contributed by atoms with Crippen molar-refractivity contribution in [3.05, 3.63) is 34.9 Å². The Kier molecular flexibility index (Phi) is 3.90. The zero-order valence-corrected chi connectivity index (χ0v) is 13.3. The van der Waals surface area contributed by atoms with Crippen LogP contribution in [0.4, 0.5) is 0 Å². The largest absolute Gasteiger partial charge is 0.493 e. The molecule has 0 amide bonds. The topological polar surface area (TPSA) is 39.2 Å². The molecule has 0 spiro atoms. The van der Waals surface area contributed by atoms with E-state index in [-0.39, 0.29) is 5.41 Å². The summed E-state index contributed by atoms with van der Waals surface area (Å²) in [6.07, 6.45) is 1.96. The third kappa shape index (κ3) is 2.58. The molecular formula is C15H20N2O2S. The predicted molar refractivity (Wildman–Crippen MR) is 82.8 cm³/mol. The Hall–Kier alpha value is -1.75. The van der Waals surface area contributed by atoms with Gasteiger partial charge < -0.3 is 14.5 Å². The maximum absolute atomic E-state index is 5.40. The summed E-state index contributed by atoms with van der Waals surface area (Å²) in [7, 11) is 3.25. The molecule has 2 rings (SSSR count). The molecule has 0 aliphatic carbocycles. The van der Waals surface area contributed by atoms with Gasteiger partial charge >= 0.3 is 0 Å². The number of hydrogen-bond donors (Lipinski definition) is 1. The van der Waals surface area contributed by atoms with Gasteiger partial charge in [0.25, 0.3) is 0 Å². The van der Waals surface area contributed by atoms with Crippen LogP contribution in [0.5, 0.6) is 11.5 Å².